The Bertz CT molecular complexity index is 1320. The van der Waals surface area contributed by atoms with Gasteiger partial charge in [0.1, 0.15) is 23.7 Å². The Morgan fingerprint density at radius 1 is 1.19 bits per heavy atom. The Balaban J connectivity index is 1.56. The van der Waals surface area contributed by atoms with E-state index in [0.29, 0.717) is 35.9 Å². The minimum atomic E-state index is -0.280. The second kappa shape index (κ2) is 8.13. The van der Waals surface area contributed by atoms with E-state index < -0.39 is 0 Å². The van der Waals surface area contributed by atoms with Crippen molar-refractivity contribution in [2.24, 2.45) is 0 Å². The van der Waals surface area contributed by atoms with Gasteiger partial charge in [-0.15, -0.1) is 0 Å². The van der Waals surface area contributed by atoms with E-state index in [1.807, 2.05) is 23.9 Å². The van der Waals surface area contributed by atoms with Crippen molar-refractivity contribution in [2.75, 3.05) is 13.1 Å². The predicted molar refractivity (Wildman–Crippen MR) is 118 cm³/mol. The summed E-state index contributed by atoms with van der Waals surface area (Å²) in [5.74, 6) is 0.611. The summed E-state index contributed by atoms with van der Waals surface area (Å²) in [7, 11) is 0. The zero-order valence-electron chi connectivity index (χ0n) is 17.7. The number of aromatic nitrogens is 6. The molecule has 4 aromatic rings. The monoisotopic (exact) mass is 448 g/mol. The molecular weight excluding hydrogens is 428 g/mol. The number of pyridine rings is 1. The molecule has 1 unspecified atom stereocenters. The molecule has 0 N–H and O–H groups in total. The fourth-order valence-corrected chi connectivity index (χ4v) is 4.30. The van der Waals surface area contributed by atoms with Crippen molar-refractivity contribution in [1.82, 2.24) is 34.3 Å². The van der Waals surface area contributed by atoms with Gasteiger partial charge in [0.15, 0.2) is 6.19 Å². The molecule has 0 aliphatic carbocycles. The van der Waals surface area contributed by atoms with Gasteiger partial charge in [0, 0.05) is 54.9 Å². The molecule has 32 heavy (non-hydrogen) atoms. The minimum absolute atomic E-state index is 0.280. The number of fused-ring (bicyclic) bond motifs is 2. The SMILES string of the molecule is Cc1c(-c2cc(OC(C)c3cncnc3)c3c(Cl)cnn3c2)nn2c1CCN(C#N)CC2. The molecule has 0 fully saturated rings. The molecule has 162 valence electrons. The van der Waals surface area contributed by atoms with Crippen LogP contribution in [0.15, 0.2) is 37.2 Å². The zero-order valence-corrected chi connectivity index (χ0v) is 18.5. The van der Waals surface area contributed by atoms with Gasteiger partial charge in [0.05, 0.1) is 23.5 Å². The molecule has 0 saturated carbocycles. The molecule has 5 heterocycles. The van der Waals surface area contributed by atoms with Crippen molar-refractivity contribution < 1.29 is 4.74 Å². The first-order chi connectivity index (χ1) is 15.5. The van der Waals surface area contributed by atoms with E-state index in [-0.39, 0.29) is 6.10 Å². The highest BCUT2D eigenvalue weighted by atomic mass is 35.5. The summed E-state index contributed by atoms with van der Waals surface area (Å²) in [5, 5.41) is 19.0. The Morgan fingerprint density at radius 2 is 2.00 bits per heavy atom. The molecule has 1 atom stereocenters. The van der Waals surface area contributed by atoms with Crippen LogP contribution in [0.2, 0.25) is 5.02 Å². The van der Waals surface area contributed by atoms with Crippen molar-refractivity contribution in [1.29, 1.82) is 5.26 Å². The average Bonchev–Trinajstić information content (AvgIpc) is 3.25. The Morgan fingerprint density at radius 3 is 2.78 bits per heavy atom. The average molecular weight is 449 g/mol. The molecule has 4 aromatic heterocycles. The lowest BCUT2D eigenvalue weighted by Crippen LogP contribution is -2.21. The Kier molecular flexibility index (Phi) is 5.15. The first-order valence-electron chi connectivity index (χ1n) is 10.3. The Hall–Kier alpha value is -3.64. The van der Waals surface area contributed by atoms with E-state index in [9.17, 15) is 5.26 Å². The summed E-state index contributed by atoms with van der Waals surface area (Å²) < 4.78 is 10.0. The molecule has 0 saturated heterocycles. The maximum atomic E-state index is 9.23. The Labute approximate surface area is 189 Å². The molecule has 0 aromatic carbocycles. The van der Waals surface area contributed by atoms with Crippen molar-refractivity contribution in [3.63, 3.8) is 0 Å². The number of hydrogen-bond donors (Lipinski definition) is 0. The van der Waals surface area contributed by atoms with E-state index in [1.165, 1.54) is 6.33 Å². The number of halogens is 1. The lowest BCUT2D eigenvalue weighted by molar-refractivity contribution is 0.228. The van der Waals surface area contributed by atoms with Crippen LogP contribution < -0.4 is 4.74 Å². The van der Waals surface area contributed by atoms with Crippen molar-refractivity contribution >= 4 is 17.1 Å². The maximum absolute atomic E-state index is 9.23. The summed E-state index contributed by atoms with van der Waals surface area (Å²) in [4.78, 5) is 9.93. The van der Waals surface area contributed by atoms with Crippen LogP contribution in [0.4, 0.5) is 0 Å². The van der Waals surface area contributed by atoms with E-state index >= 15 is 0 Å². The topological polar surface area (TPSA) is 97.2 Å². The van der Waals surface area contributed by atoms with Gasteiger partial charge in [0.2, 0.25) is 0 Å². The highest BCUT2D eigenvalue weighted by molar-refractivity contribution is 6.34. The molecule has 1 aliphatic rings. The van der Waals surface area contributed by atoms with Crippen molar-refractivity contribution in [3.05, 3.63) is 59.0 Å². The molecule has 5 rings (SSSR count). The molecule has 0 spiro atoms. The van der Waals surface area contributed by atoms with Gasteiger partial charge in [-0.05, 0) is 25.5 Å². The summed E-state index contributed by atoms with van der Waals surface area (Å²) in [6, 6.07) is 1.96. The first-order valence-corrected chi connectivity index (χ1v) is 10.7. The third-order valence-electron chi connectivity index (χ3n) is 5.82. The molecule has 0 radical (unpaired) electrons. The fraction of sp³-hybridized carbons (Fsp3) is 0.318. The molecule has 9 nitrogen and oxygen atoms in total. The van der Waals surface area contributed by atoms with Crippen LogP contribution in [-0.2, 0) is 13.0 Å². The molecule has 1 aliphatic heterocycles. The summed E-state index contributed by atoms with van der Waals surface area (Å²) >= 11 is 6.43. The fourth-order valence-electron chi connectivity index (χ4n) is 4.08. The highest BCUT2D eigenvalue weighted by Crippen LogP contribution is 2.36. The number of nitrogens with zero attached hydrogens (tertiary/aromatic N) is 8. The molecular formula is C22H21ClN8O. The quantitative estimate of drug-likeness (QED) is 0.441. The third kappa shape index (κ3) is 3.52. The second-order valence-corrected chi connectivity index (χ2v) is 8.20. The van der Waals surface area contributed by atoms with E-state index in [4.69, 9.17) is 21.4 Å². The van der Waals surface area contributed by atoms with Crippen LogP contribution in [0.5, 0.6) is 5.75 Å². The largest absolute Gasteiger partial charge is 0.484 e. The number of hydrogen-bond acceptors (Lipinski definition) is 7. The van der Waals surface area contributed by atoms with Gasteiger partial charge in [-0.1, -0.05) is 11.6 Å². The normalized spacial score (nSPS) is 14.6. The van der Waals surface area contributed by atoms with E-state index in [0.717, 1.165) is 34.5 Å². The number of rotatable bonds is 4. The summed E-state index contributed by atoms with van der Waals surface area (Å²) in [6.45, 7) is 6.04. The van der Waals surface area contributed by atoms with Gasteiger partial charge in [-0.2, -0.15) is 15.5 Å². The predicted octanol–water partition coefficient (Wildman–Crippen LogP) is 3.43. The maximum Gasteiger partial charge on any atom is 0.179 e. The van der Waals surface area contributed by atoms with Gasteiger partial charge in [0.25, 0.3) is 0 Å². The van der Waals surface area contributed by atoms with Gasteiger partial charge >= 0.3 is 0 Å². The van der Waals surface area contributed by atoms with Gasteiger partial charge in [-0.3, -0.25) is 4.68 Å². The molecule has 10 heteroatoms. The van der Waals surface area contributed by atoms with Crippen molar-refractivity contribution in [2.45, 2.75) is 32.9 Å². The van der Waals surface area contributed by atoms with Gasteiger partial charge in [-0.25, -0.2) is 14.5 Å². The first kappa shape index (κ1) is 20.3. The molecule has 0 amide bonds. The van der Waals surface area contributed by atoms with Crippen molar-refractivity contribution in [3.8, 4) is 23.2 Å². The second-order valence-electron chi connectivity index (χ2n) is 7.79. The minimum Gasteiger partial charge on any atom is -0.484 e. The van der Waals surface area contributed by atoms with Crippen LogP contribution in [0.25, 0.3) is 16.8 Å². The molecule has 0 bridgehead atoms. The van der Waals surface area contributed by atoms with Crippen LogP contribution in [-0.4, -0.2) is 47.4 Å². The standard InChI is InChI=1S/C22H21ClN8O/c1-14-19-3-4-29(12-24)5-6-30(19)28-21(14)16-7-20(22-18(23)10-27-31(22)11-16)32-15(2)17-8-25-13-26-9-17/h7-11,13,15H,3-6H2,1-2H3. The van der Waals surface area contributed by atoms with E-state index in [2.05, 4.69) is 28.2 Å². The van der Waals surface area contributed by atoms with E-state index in [1.54, 1.807) is 28.0 Å². The smallest absolute Gasteiger partial charge is 0.179 e. The van der Waals surface area contributed by atoms with Crippen LogP contribution in [0, 0.1) is 18.4 Å². The third-order valence-corrected chi connectivity index (χ3v) is 6.10. The van der Waals surface area contributed by atoms with Gasteiger partial charge < -0.3 is 9.64 Å². The van der Waals surface area contributed by atoms with Crippen LogP contribution in [0.1, 0.15) is 29.8 Å². The van der Waals surface area contributed by atoms with Crippen LogP contribution >= 0.6 is 11.6 Å². The lowest BCUT2D eigenvalue weighted by Gasteiger charge is -2.16. The van der Waals surface area contributed by atoms with Crippen LogP contribution in [0.3, 0.4) is 0 Å². The lowest BCUT2D eigenvalue weighted by atomic mass is 10.1. The zero-order chi connectivity index (χ0) is 22.2. The number of nitriles is 1. The summed E-state index contributed by atoms with van der Waals surface area (Å²) in [6.07, 6.45) is 11.2. The summed E-state index contributed by atoms with van der Waals surface area (Å²) in [5.41, 5.74) is 5.56. The number of ether oxygens (including phenoxy) is 1. The highest BCUT2D eigenvalue weighted by Gasteiger charge is 2.22.